The molecule has 37 heavy (non-hydrogen) atoms. The van der Waals surface area contributed by atoms with Gasteiger partial charge in [-0.05, 0) is 18.2 Å². The highest BCUT2D eigenvalue weighted by Crippen LogP contribution is 2.56. The maximum atomic E-state index is 14.3. The summed E-state index contributed by atoms with van der Waals surface area (Å²) < 4.78 is 238. The number of anilines is 1. The van der Waals surface area contributed by atoms with E-state index in [0.29, 0.717) is 23.5 Å². The van der Waals surface area contributed by atoms with E-state index in [1.54, 1.807) is 0 Å². The van der Waals surface area contributed by atoms with E-state index in [2.05, 4.69) is 0 Å². The molecule has 0 saturated carbocycles. The lowest BCUT2D eigenvalue weighted by molar-refractivity contribution is -0.548. The van der Waals surface area contributed by atoms with Gasteiger partial charge in [-0.2, -0.15) is 74.6 Å². The summed E-state index contributed by atoms with van der Waals surface area (Å²) in [7, 11) is 0. The summed E-state index contributed by atoms with van der Waals surface area (Å²) >= 11 is 0. The second-order valence-corrected chi connectivity index (χ2v) is 6.46. The predicted octanol–water partition coefficient (Wildman–Crippen LogP) is 6.64. The van der Waals surface area contributed by atoms with Crippen molar-refractivity contribution >= 4 is 11.6 Å². The molecule has 0 aliphatic carbocycles. The number of hydrogen-bond acceptors (Lipinski definition) is 3. The standard InChI is InChI=1S/C15H5F18NO3/c16-5-2-1-3-6(4-5)34-7(35)8(17,11(21,22)23)36-15(32,33)10(20,13(27,28)29)37-14(30,31)9(18,19)12(24,25)26/h1-4H,(H,34,35). The van der Waals surface area contributed by atoms with E-state index >= 15 is 0 Å². The van der Waals surface area contributed by atoms with Crippen molar-refractivity contribution < 1.29 is 93.3 Å². The summed E-state index contributed by atoms with van der Waals surface area (Å²) in [6.45, 7) is 0. The maximum absolute atomic E-state index is 14.3. The SMILES string of the molecule is O=C(Nc1cccc(F)c1)C(F)(OC(F)(F)C(F)(OC(F)(F)C(F)(F)C(F)(F)F)C(F)(F)F)C(F)(F)F. The van der Waals surface area contributed by atoms with Crippen LogP contribution in [0.15, 0.2) is 24.3 Å². The third-order valence-electron chi connectivity index (χ3n) is 3.74. The fourth-order valence-electron chi connectivity index (χ4n) is 1.94. The number of nitrogens with one attached hydrogen (secondary N) is 1. The number of carbonyl (C=O) groups excluding carboxylic acids is 1. The molecule has 2 atom stereocenters. The number of carbonyl (C=O) groups is 1. The topological polar surface area (TPSA) is 47.6 Å². The fraction of sp³-hybridized carbons (Fsp3) is 0.533. The molecule has 0 spiro atoms. The lowest BCUT2D eigenvalue weighted by atomic mass is 10.2. The molecule has 0 radical (unpaired) electrons. The van der Waals surface area contributed by atoms with Crippen molar-refractivity contribution in [3.05, 3.63) is 30.1 Å². The Morgan fingerprint density at radius 1 is 0.649 bits per heavy atom. The molecule has 1 aromatic rings. The largest absolute Gasteiger partial charge is 0.462 e. The van der Waals surface area contributed by atoms with Gasteiger partial charge in [0.15, 0.2) is 0 Å². The van der Waals surface area contributed by atoms with Crippen molar-refractivity contribution in [2.45, 2.75) is 48.4 Å². The molecule has 0 fully saturated rings. The monoisotopic (exact) mass is 589 g/mol. The molecule has 22 heteroatoms. The van der Waals surface area contributed by atoms with Gasteiger partial charge in [-0.15, -0.1) is 0 Å². The van der Waals surface area contributed by atoms with Crippen LogP contribution in [0.25, 0.3) is 0 Å². The molecule has 2 unspecified atom stereocenters. The smallest absolute Gasteiger partial charge is 0.321 e. The van der Waals surface area contributed by atoms with Gasteiger partial charge in [-0.1, -0.05) is 6.07 Å². The number of alkyl halides is 17. The van der Waals surface area contributed by atoms with Crippen LogP contribution in [0.3, 0.4) is 0 Å². The Balaban J connectivity index is 3.63. The zero-order valence-electron chi connectivity index (χ0n) is 16.3. The average Bonchev–Trinajstić information content (AvgIpc) is 2.64. The fourth-order valence-corrected chi connectivity index (χ4v) is 1.94. The average molecular weight is 589 g/mol. The van der Waals surface area contributed by atoms with Crippen LogP contribution in [-0.2, 0) is 14.3 Å². The molecule has 0 bridgehead atoms. The molecule has 0 aliphatic rings. The van der Waals surface area contributed by atoms with E-state index in [1.807, 2.05) is 4.74 Å². The Morgan fingerprint density at radius 2 is 1.14 bits per heavy atom. The molecule has 1 aromatic carbocycles. The summed E-state index contributed by atoms with van der Waals surface area (Å²) in [5, 5.41) is 0.641. The molecule has 4 nitrogen and oxygen atoms in total. The second kappa shape index (κ2) is 9.27. The van der Waals surface area contributed by atoms with E-state index in [9.17, 15) is 83.8 Å². The van der Waals surface area contributed by atoms with Crippen LogP contribution in [0.1, 0.15) is 0 Å². The first-order valence-corrected chi connectivity index (χ1v) is 8.24. The molecule has 0 aromatic heterocycles. The van der Waals surface area contributed by atoms with Crippen molar-refractivity contribution in [3.8, 4) is 0 Å². The lowest BCUT2D eigenvalue weighted by Gasteiger charge is -2.40. The van der Waals surface area contributed by atoms with Gasteiger partial charge in [-0.25, -0.2) is 4.39 Å². The third kappa shape index (κ3) is 5.93. The number of ether oxygens (including phenoxy) is 2. The Labute approximate surface area is 190 Å². The van der Waals surface area contributed by atoms with E-state index < -0.39 is 65.8 Å². The number of rotatable bonds is 8. The Morgan fingerprint density at radius 3 is 1.51 bits per heavy atom. The van der Waals surface area contributed by atoms with E-state index in [4.69, 9.17) is 0 Å². The first-order chi connectivity index (χ1) is 16.1. The number of benzene rings is 1. The van der Waals surface area contributed by atoms with Crippen LogP contribution in [-0.4, -0.2) is 54.3 Å². The van der Waals surface area contributed by atoms with Crippen molar-refractivity contribution in [3.63, 3.8) is 0 Å². The predicted molar refractivity (Wildman–Crippen MR) is 77.9 cm³/mol. The van der Waals surface area contributed by atoms with Crippen LogP contribution in [0.5, 0.6) is 0 Å². The number of halogens is 18. The van der Waals surface area contributed by atoms with Crippen molar-refractivity contribution in [2.75, 3.05) is 5.32 Å². The molecular formula is C15H5F18NO3. The molecule has 0 aliphatic heterocycles. The van der Waals surface area contributed by atoms with Crippen LogP contribution in [0, 0.1) is 5.82 Å². The van der Waals surface area contributed by atoms with E-state index in [-0.39, 0.29) is 6.07 Å². The Bertz CT molecular complexity index is 986. The summed E-state index contributed by atoms with van der Waals surface area (Å²) in [4.78, 5) is 11.6. The molecule has 1 amide bonds. The highest BCUT2D eigenvalue weighted by atomic mass is 19.4. The maximum Gasteiger partial charge on any atom is 0.462 e. The van der Waals surface area contributed by atoms with Crippen molar-refractivity contribution in [1.82, 2.24) is 0 Å². The molecule has 0 saturated heterocycles. The summed E-state index contributed by atoms with van der Waals surface area (Å²) in [5.74, 6) is -28.0. The number of hydrogen-bond donors (Lipinski definition) is 1. The third-order valence-corrected chi connectivity index (χ3v) is 3.74. The van der Waals surface area contributed by atoms with Gasteiger partial charge in [0.05, 0.1) is 0 Å². The first-order valence-electron chi connectivity index (χ1n) is 8.24. The molecule has 1 N–H and O–H groups in total. The van der Waals surface area contributed by atoms with Gasteiger partial charge in [0, 0.05) is 5.69 Å². The van der Waals surface area contributed by atoms with Crippen LogP contribution in [0.2, 0.25) is 0 Å². The Hall–Kier alpha value is -2.65. The highest BCUT2D eigenvalue weighted by molar-refractivity contribution is 5.96. The van der Waals surface area contributed by atoms with Gasteiger partial charge in [-0.3, -0.25) is 14.3 Å². The van der Waals surface area contributed by atoms with E-state index in [0.717, 1.165) is 0 Å². The lowest BCUT2D eigenvalue weighted by Crippen LogP contribution is -2.68. The first kappa shape index (κ1) is 32.4. The highest BCUT2D eigenvalue weighted by Gasteiger charge is 2.85. The van der Waals surface area contributed by atoms with Gasteiger partial charge < -0.3 is 5.32 Å². The quantitative estimate of drug-likeness (QED) is 0.347. The van der Waals surface area contributed by atoms with Crippen LogP contribution >= 0.6 is 0 Å². The van der Waals surface area contributed by atoms with E-state index in [1.165, 1.54) is 4.74 Å². The molecule has 0 heterocycles. The van der Waals surface area contributed by atoms with Crippen LogP contribution in [0.4, 0.5) is 84.7 Å². The van der Waals surface area contributed by atoms with Gasteiger partial charge in [0.25, 0.3) is 5.91 Å². The summed E-state index contributed by atoms with van der Waals surface area (Å²) in [6, 6.07) is 1.56. The van der Waals surface area contributed by atoms with Crippen molar-refractivity contribution in [1.29, 1.82) is 0 Å². The minimum absolute atomic E-state index is 0.0465. The normalized spacial score (nSPS) is 17.7. The van der Waals surface area contributed by atoms with Gasteiger partial charge in [0.2, 0.25) is 0 Å². The second-order valence-electron chi connectivity index (χ2n) is 6.46. The molecular weight excluding hydrogens is 584 g/mol. The minimum Gasteiger partial charge on any atom is -0.321 e. The Kier molecular flexibility index (Phi) is 8.11. The number of amides is 1. The molecule has 214 valence electrons. The van der Waals surface area contributed by atoms with Crippen LogP contribution < -0.4 is 5.32 Å². The minimum atomic E-state index is -8.11. The zero-order valence-corrected chi connectivity index (χ0v) is 16.3. The summed E-state index contributed by atoms with van der Waals surface area (Å²) in [5.41, 5.74) is -1.25. The summed E-state index contributed by atoms with van der Waals surface area (Å²) in [6.07, 6.45) is -38.8. The molecule has 1 rings (SSSR count). The van der Waals surface area contributed by atoms with Gasteiger partial charge in [0.1, 0.15) is 5.82 Å². The van der Waals surface area contributed by atoms with Crippen molar-refractivity contribution in [2.24, 2.45) is 0 Å². The van der Waals surface area contributed by atoms with Gasteiger partial charge >= 0.3 is 48.4 Å². The zero-order chi connectivity index (χ0) is 29.7.